The predicted octanol–water partition coefficient (Wildman–Crippen LogP) is 7.72. The largest absolute Gasteiger partial charge is 0.455 e. The van der Waals surface area contributed by atoms with Crippen molar-refractivity contribution in [1.82, 2.24) is 0 Å². The molecule has 0 atom stereocenters. The lowest BCUT2D eigenvalue weighted by molar-refractivity contribution is 0.669. The molecule has 2 heterocycles. The number of halogens is 1. The van der Waals surface area contributed by atoms with Crippen LogP contribution in [0.15, 0.2) is 87.7 Å². The van der Waals surface area contributed by atoms with E-state index in [-0.39, 0.29) is 0 Å². The summed E-state index contributed by atoms with van der Waals surface area (Å²) in [6.07, 6.45) is 0. The Hall–Kier alpha value is -3.43. The van der Waals surface area contributed by atoms with Crippen LogP contribution in [0.1, 0.15) is 0 Å². The molecule has 6 rings (SSSR count). The lowest BCUT2D eigenvalue weighted by Crippen LogP contribution is -1.85. The van der Waals surface area contributed by atoms with Gasteiger partial charge in [0.25, 0.3) is 0 Å². The summed E-state index contributed by atoms with van der Waals surface area (Å²) in [5.74, 6) is 0. The molecule has 6 aromatic rings. The van der Waals surface area contributed by atoms with Gasteiger partial charge in [-0.05, 0) is 23.8 Å². The van der Waals surface area contributed by atoms with Crippen LogP contribution in [0.5, 0.6) is 0 Å². The van der Waals surface area contributed by atoms with E-state index in [0.29, 0.717) is 0 Å². The molecule has 28 heavy (non-hydrogen) atoms. The van der Waals surface area contributed by atoms with Crippen molar-refractivity contribution in [3.05, 3.63) is 78.9 Å². The second-order valence-electron chi connectivity index (χ2n) is 6.84. The first-order valence-electron chi connectivity index (χ1n) is 9.06. The van der Waals surface area contributed by atoms with Crippen LogP contribution in [0.2, 0.25) is 0 Å². The molecular weight excluding hydrogens is 370 g/mol. The third-order valence-electron chi connectivity index (χ3n) is 5.32. The fraction of sp³-hybridized carbons (Fsp3) is 0. The van der Waals surface area contributed by atoms with Gasteiger partial charge in [-0.25, -0.2) is 0 Å². The van der Waals surface area contributed by atoms with Gasteiger partial charge >= 0.3 is 0 Å². The lowest BCUT2D eigenvalue weighted by atomic mass is 9.97. The number of nitrogens with one attached hydrogen (secondary N) is 1. The van der Waals surface area contributed by atoms with Gasteiger partial charge in [-0.3, -0.25) is 4.84 Å². The maximum absolute atomic E-state index is 6.26. The average molecular weight is 384 g/mol. The molecule has 0 aliphatic carbocycles. The molecule has 0 aliphatic heterocycles. The highest BCUT2D eigenvalue weighted by Crippen LogP contribution is 2.43. The summed E-state index contributed by atoms with van der Waals surface area (Å²) in [6, 6.07) is 26.4. The molecule has 2 aromatic heterocycles. The first kappa shape index (κ1) is 15.6. The van der Waals surface area contributed by atoms with Gasteiger partial charge in [0.15, 0.2) is 5.58 Å². The van der Waals surface area contributed by atoms with Crippen LogP contribution in [-0.4, -0.2) is 0 Å². The summed E-state index contributed by atoms with van der Waals surface area (Å²) in [5, 5.41) is 4.30. The highest BCUT2D eigenvalue weighted by Gasteiger charge is 2.19. The predicted molar refractivity (Wildman–Crippen MR) is 116 cm³/mol. The summed E-state index contributed by atoms with van der Waals surface area (Å²) in [5.41, 5.74) is 6.16. The Bertz CT molecular complexity index is 1510. The van der Waals surface area contributed by atoms with Crippen LogP contribution in [0.4, 0.5) is 5.69 Å². The fourth-order valence-corrected chi connectivity index (χ4v) is 4.24. The highest BCUT2D eigenvalue weighted by atomic mass is 35.5. The molecule has 0 aliphatic rings. The minimum Gasteiger partial charge on any atom is -0.455 e. The first-order valence-corrected chi connectivity index (χ1v) is 9.44. The summed E-state index contributed by atoms with van der Waals surface area (Å²) in [6.45, 7) is 0. The van der Waals surface area contributed by atoms with Gasteiger partial charge in [0.2, 0.25) is 0 Å². The SMILES string of the molecule is ClNc1ccc(-c2cccc3c2oc2ccccc23)c2c1oc1ccccc12. The van der Waals surface area contributed by atoms with Crippen molar-refractivity contribution in [3.63, 3.8) is 0 Å². The molecule has 4 heteroatoms. The maximum atomic E-state index is 6.26. The van der Waals surface area contributed by atoms with Crippen molar-refractivity contribution < 1.29 is 8.83 Å². The Kier molecular flexibility index (Phi) is 3.22. The zero-order chi connectivity index (χ0) is 18.7. The Morgan fingerprint density at radius 2 is 1.25 bits per heavy atom. The first-order chi connectivity index (χ1) is 13.8. The smallest absolute Gasteiger partial charge is 0.160 e. The minimum atomic E-state index is 0.738. The normalized spacial score (nSPS) is 11.8. The maximum Gasteiger partial charge on any atom is 0.160 e. The summed E-state index contributed by atoms with van der Waals surface area (Å²) >= 11 is 5.95. The van der Waals surface area contributed by atoms with Gasteiger partial charge in [0.05, 0.1) is 5.69 Å². The zero-order valence-corrected chi connectivity index (χ0v) is 15.5. The van der Waals surface area contributed by atoms with E-state index in [1.165, 1.54) is 0 Å². The van der Waals surface area contributed by atoms with Crippen molar-refractivity contribution in [2.24, 2.45) is 0 Å². The monoisotopic (exact) mass is 383 g/mol. The van der Waals surface area contributed by atoms with E-state index in [0.717, 1.165) is 60.7 Å². The van der Waals surface area contributed by atoms with E-state index in [2.05, 4.69) is 41.2 Å². The van der Waals surface area contributed by atoms with Crippen molar-refractivity contribution in [2.45, 2.75) is 0 Å². The van der Waals surface area contributed by atoms with Crippen molar-refractivity contribution in [1.29, 1.82) is 0 Å². The van der Waals surface area contributed by atoms with Gasteiger partial charge in [0, 0.05) is 38.9 Å². The molecule has 3 nitrogen and oxygen atoms in total. The minimum absolute atomic E-state index is 0.738. The van der Waals surface area contributed by atoms with Gasteiger partial charge in [-0.2, -0.15) is 0 Å². The number of hydrogen-bond donors (Lipinski definition) is 1. The van der Waals surface area contributed by atoms with Gasteiger partial charge < -0.3 is 8.83 Å². The number of benzene rings is 4. The highest BCUT2D eigenvalue weighted by molar-refractivity contribution is 6.27. The lowest BCUT2D eigenvalue weighted by Gasteiger charge is -2.07. The van der Waals surface area contributed by atoms with Gasteiger partial charge in [-0.15, -0.1) is 0 Å². The summed E-state index contributed by atoms with van der Waals surface area (Å²) < 4.78 is 12.4. The standard InChI is InChI=1S/C24H14ClNO2/c25-26-19-13-12-15(22-18-7-2-4-11-21(18)28-24(19)22)17-9-5-8-16-14-6-1-3-10-20(14)27-23(16)17/h1-13,26H. The number of fused-ring (bicyclic) bond motifs is 6. The quantitative estimate of drug-likeness (QED) is 0.311. The Labute approximate surface area is 165 Å². The van der Waals surface area contributed by atoms with E-state index in [1.807, 2.05) is 42.5 Å². The number of anilines is 1. The molecule has 0 unspecified atom stereocenters. The van der Waals surface area contributed by atoms with Gasteiger partial charge in [-0.1, -0.05) is 60.7 Å². The summed E-state index contributed by atoms with van der Waals surface area (Å²) in [7, 11) is 0. The molecule has 134 valence electrons. The van der Waals surface area contributed by atoms with E-state index >= 15 is 0 Å². The third-order valence-corrected chi connectivity index (χ3v) is 5.53. The van der Waals surface area contributed by atoms with E-state index < -0.39 is 0 Å². The van der Waals surface area contributed by atoms with Crippen LogP contribution >= 0.6 is 11.8 Å². The number of para-hydroxylation sites is 3. The Morgan fingerprint density at radius 1 is 0.571 bits per heavy atom. The molecule has 4 aromatic carbocycles. The van der Waals surface area contributed by atoms with Crippen LogP contribution in [0.3, 0.4) is 0 Å². The van der Waals surface area contributed by atoms with Crippen LogP contribution in [-0.2, 0) is 0 Å². The van der Waals surface area contributed by atoms with E-state index in [9.17, 15) is 0 Å². The Balaban J connectivity index is 1.78. The molecule has 0 amide bonds. The molecule has 0 fully saturated rings. The molecule has 0 bridgehead atoms. The van der Waals surface area contributed by atoms with Crippen LogP contribution < -0.4 is 4.84 Å². The third kappa shape index (κ3) is 2.05. The topological polar surface area (TPSA) is 38.3 Å². The summed E-state index contributed by atoms with van der Waals surface area (Å²) in [4.78, 5) is 2.72. The van der Waals surface area contributed by atoms with E-state index in [1.54, 1.807) is 0 Å². The van der Waals surface area contributed by atoms with Gasteiger partial charge in [0.1, 0.15) is 16.7 Å². The van der Waals surface area contributed by atoms with Crippen molar-refractivity contribution in [2.75, 3.05) is 4.84 Å². The number of hydrogen-bond acceptors (Lipinski definition) is 3. The van der Waals surface area contributed by atoms with Crippen LogP contribution in [0, 0.1) is 0 Å². The van der Waals surface area contributed by atoms with E-state index in [4.69, 9.17) is 20.6 Å². The number of furan rings is 2. The van der Waals surface area contributed by atoms with Crippen molar-refractivity contribution >= 4 is 61.3 Å². The number of rotatable bonds is 2. The average Bonchev–Trinajstić information content (AvgIpc) is 3.32. The van der Waals surface area contributed by atoms with Crippen molar-refractivity contribution in [3.8, 4) is 11.1 Å². The fourth-order valence-electron chi connectivity index (χ4n) is 4.09. The molecule has 1 N–H and O–H groups in total. The molecule has 0 saturated heterocycles. The van der Waals surface area contributed by atoms with Crippen LogP contribution in [0.25, 0.3) is 55.0 Å². The molecule has 0 saturated carbocycles. The Morgan fingerprint density at radius 3 is 2.07 bits per heavy atom. The molecular formula is C24H14ClNO2. The molecule has 0 spiro atoms. The molecule has 0 radical (unpaired) electrons. The second kappa shape index (κ2) is 5.78. The second-order valence-corrected chi connectivity index (χ2v) is 7.03. The zero-order valence-electron chi connectivity index (χ0n) is 14.7.